The van der Waals surface area contributed by atoms with Crippen molar-refractivity contribution in [3.05, 3.63) is 40.7 Å². The van der Waals surface area contributed by atoms with Crippen molar-refractivity contribution in [1.82, 2.24) is 20.3 Å². The van der Waals surface area contributed by atoms with Gasteiger partial charge in [-0.3, -0.25) is 4.79 Å². The summed E-state index contributed by atoms with van der Waals surface area (Å²) in [5.41, 5.74) is 4.58. The van der Waals surface area contributed by atoms with E-state index in [1.54, 1.807) is 4.68 Å². The van der Waals surface area contributed by atoms with Crippen LogP contribution in [0.5, 0.6) is 0 Å². The second kappa shape index (κ2) is 6.75. The van der Waals surface area contributed by atoms with Crippen LogP contribution in [0.15, 0.2) is 18.2 Å². The van der Waals surface area contributed by atoms with Crippen LogP contribution in [0.25, 0.3) is 5.69 Å². The molecule has 1 fully saturated rings. The number of amides is 1. The highest BCUT2D eigenvalue weighted by molar-refractivity contribution is 5.93. The molecule has 1 heterocycles. The molecule has 0 saturated heterocycles. The molecule has 0 aliphatic heterocycles. The van der Waals surface area contributed by atoms with Crippen LogP contribution in [0.3, 0.4) is 0 Å². The Kier molecular flexibility index (Phi) is 4.69. The van der Waals surface area contributed by atoms with Crippen LogP contribution in [-0.2, 0) is 0 Å². The summed E-state index contributed by atoms with van der Waals surface area (Å²) in [5.74, 6) is 0.660. The summed E-state index contributed by atoms with van der Waals surface area (Å²) in [6.07, 6.45) is 4.47. The van der Waals surface area contributed by atoms with Crippen molar-refractivity contribution in [2.45, 2.75) is 59.4 Å². The molecule has 0 unspecified atom stereocenters. The van der Waals surface area contributed by atoms with Crippen molar-refractivity contribution >= 4 is 5.91 Å². The topological polar surface area (TPSA) is 59.8 Å². The summed E-state index contributed by atoms with van der Waals surface area (Å²) in [4.78, 5) is 12.6. The molecule has 24 heavy (non-hydrogen) atoms. The van der Waals surface area contributed by atoms with Gasteiger partial charge in [0, 0.05) is 6.04 Å². The van der Waals surface area contributed by atoms with Gasteiger partial charge in [-0.1, -0.05) is 18.2 Å². The van der Waals surface area contributed by atoms with Crippen LogP contribution >= 0.6 is 0 Å². The summed E-state index contributed by atoms with van der Waals surface area (Å²) >= 11 is 0. The third-order valence-corrected chi connectivity index (χ3v) is 5.20. The minimum absolute atomic E-state index is 0.109. The van der Waals surface area contributed by atoms with Crippen molar-refractivity contribution < 1.29 is 4.79 Å². The zero-order valence-electron chi connectivity index (χ0n) is 15.0. The van der Waals surface area contributed by atoms with Gasteiger partial charge in [0.15, 0.2) is 5.69 Å². The zero-order valence-corrected chi connectivity index (χ0v) is 15.0. The second-order valence-electron chi connectivity index (χ2n) is 7.13. The van der Waals surface area contributed by atoms with E-state index in [1.165, 1.54) is 24.0 Å². The van der Waals surface area contributed by atoms with E-state index in [9.17, 15) is 4.79 Å². The summed E-state index contributed by atoms with van der Waals surface area (Å²) in [7, 11) is 0. The molecule has 1 saturated carbocycles. The van der Waals surface area contributed by atoms with Crippen molar-refractivity contribution in [2.75, 3.05) is 0 Å². The van der Waals surface area contributed by atoms with E-state index in [2.05, 4.69) is 48.5 Å². The van der Waals surface area contributed by atoms with Crippen molar-refractivity contribution in [3.8, 4) is 5.69 Å². The smallest absolute Gasteiger partial charge is 0.273 e. The Labute approximate surface area is 143 Å². The molecule has 3 rings (SSSR count). The summed E-state index contributed by atoms with van der Waals surface area (Å²) in [5, 5.41) is 11.4. The highest BCUT2D eigenvalue weighted by Gasteiger charge is 2.23. The van der Waals surface area contributed by atoms with E-state index in [1.807, 2.05) is 13.0 Å². The molecule has 5 heteroatoms. The normalized spacial score (nSPS) is 20.8. The maximum atomic E-state index is 12.6. The Morgan fingerprint density at radius 3 is 2.50 bits per heavy atom. The van der Waals surface area contributed by atoms with Crippen LogP contribution in [0.1, 0.15) is 59.9 Å². The van der Waals surface area contributed by atoms with E-state index in [4.69, 9.17) is 0 Å². The third kappa shape index (κ3) is 3.35. The first kappa shape index (κ1) is 16.7. The largest absolute Gasteiger partial charge is 0.348 e. The molecule has 5 nitrogen and oxygen atoms in total. The van der Waals surface area contributed by atoms with Gasteiger partial charge in [0.1, 0.15) is 0 Å². The number of aromatic nitrogens is 3. The Bertz CT molecular complexity index is 742. The monoisotopic (exact) mass is 326 g/mol. The Morgan fingerprint density at radius 1 is 1.12 bits per heavy atom. The number of benzene rings is 1. The van der Waals surface area contributed by atoms with Gasteiger partial charge in [-0.05, 0) is 75.6 Å². The lowest BCUT2D eigenvalue weighted by molar-refractivity contribution is 0.0917. The summed E-state index contributed by atoms with van der Waals surface area (Å²) < 4.78 is 1.74. The number of rotatable bonds is 3. The number of hydrogen-bond acceptors (Lipinski definition) is 3. The van der Waals surface area contributed by atoms with E-state index in [-0.39, 0.29) is 11.9 Å². The fourth-order valence-electron chi connectivity index (χ4n) is 3.30. The van der Waals surface area contributed by atoms with Gasteiger partial charge >= 0.3 is 0 Å². The molecule has 2 aromatic rings. The molecular weight excluding hydrogens is 300 g/mol. The number of aryl methyl sites for hydroxylation is 2. The van der Waals surface area contributed by atoms with Gasteiger partial charge in [-0.2, -0.15) is 0 Å². The van der Waals surface area contributed by atoms with Gasteiger partial charge in [0.25, 0.3) is 5.91 Å². The molecule has 0 bridgehead atoms. The number of carbonyl (C=O) groups excluding carboxylic acids is 1. The molecule has 1 aliphatic carbocycles. The van der Waals surface area contributed by atoms with Gasteiger partial charge < -0.3 is 5.32 Å². The summed E-state index contributed by atoms with van der Waals surface area (Å²) in [6, 6.07) is 6.41. The molecule has 1 amide bonds. The minimum Gasteiger partial charge on any atom is -0.348 e. The lowest BCUT2D eigenvalue weighted by Crippen LogP contribution is -2.37. The molecule has 1 aromatic heterocycles. The van der Waals surface area contributed by atoms with Gasteiger partial charge in [0.2, 0.25) is 0 Å². The second-order valence-corrected chi connectivity index (χ2v) is 7.13. The van der Waals surface area contributed by atoms with Gasteiger partial charge in [-0.15, -0.1) is 5.10 Å². The molecule has 0 spiro atoms. The zero-order chi connectivity index (χ0) is 17.3. The van der Waals surface area contributed by atoms with Gasteiger partial charge in [-0.25, -0.2) is 4.68 Å². The highest BCUT2D eigenvalue weighted by atomic mass is 16.2. The van der Waals surface area contributed by atoms with Crippen LogP contribution < -0.4 is 5.32 Å². The van der Waals surface area contributed by atoms with E-state index in [0.29, 0.717) is 5.69 Å². The maximum absolute atomic E-state index is 12.6. The van der Waals surface area contributed by atoms with Crippen molar-refractivity contribution in [3.63, 3.8) is 0 Å². The number of hydrogen-bond donors (Lipinski definition) is 1. The van der Waals surface area contributed by atoms with Crippen molar-refractivity contribution in [1.29, 1.82) is 0 Å². The first-order valence-electron chi connectivity index (χ1n) is 8.76. The Morgan fingerprint density at radius 2 is 1.83 bits per heavy atom. The van der Waals surface area contributed by atoms with E-state index < -0.39 is 0 Å². The predicted molar refractivity (Wildman–Crippen MR) is 94.5 cm³/mol. The number of nitrogens with one attached hydrogen (secondary N) is 1. The fraction of sp³-hybridized carbons (Fsp3) is 0.526. The quantitative estimate of drug-likeness (QED) is 0.939. The lowest BCUT2D eigenvalue weighted by Gasteiger charge is -2.26. The Balaban J connectivity index is 1.76. The minimum atomic E-state index is -0.109. The first-order valence-corrected chi connectivity index (χ1v) is 8.76. The molecule has 1 aromatic carbocycles. The average molecular weight is 326 g/mol. The van der Waals surface area contributed by atoms with Crippen LogP contribution in [0, 0.1) is 26.7 Å². The van der Waals surface area contributed by atoms with Crippen LogP contribution in [-0.4, -0.2) is 26.9 Å². The standard InChI is InChI=1S/C19H26N4O/c1-12-5-8-16(9-6-12)20-19(24)18-15(4)23(22-21-18)17-10-7-13(2)14(3)11-17/h7,10-12,16H,5-6,8-9H2,1-4H3,(H,20,24). The van der Waals surface area contributed by atoms with E-state index >= 15 is 0 Å². The fourth-order valence-corrected chi connectivity index (χ4v) is 3.30. The summed E-state index contributed by atoms with van der Waals surface area (Å²) in [6.45, 7) is 8.32. The first-order chi connectivity index (χ1) is 11.5. The van der Waals surface area contributed by atoms with E-state index in [0.717, 1.165) is 30.1 Å². The number of nitrogens with zero attached hydrogens (tertiary/aromatic N) is 3. The Hall–Kier alpha value is -2.17. The van der Waals surface area contributed by atoms with Crippen molar-refractivity contribution in [2.24, 2.45) is 5.92 Å². The van der Waals surface area contributed by atoms with Crippen LogP contribution in [0.2, 0.25) is 0 Å². The molecule has 0 atom stereocenters. The highest BCUT2D eigenvalue weighted by Crippen LogP contribution is 2.24. The predicted octanol–water partition coefficient (Wildman–Crippen LogP) is 3.50. The third-order valence-electron chi connectivity index (χ3n) is 5.20. The molecule has 1 N–H and O–H groups in total. The average Bonchev–Trinajstić information content (AvgIpc) is 2.94. The lowest BCUT2D eigenvalue weighted by atomic mass is 9.87. The number of carbonyl (C=O) groups is 1. The van der Waals surface area contributed by atoms with Crippen LogP contribution in [0.4, 0.5) is 0 Å². The molecule has 128 valence electrons. The molecule has 1 aliphatic rings. The molecule has 0 radical (unpaired) electrons. The van der Waals surface area contributed by atoms with Gasteiger partial charge in [0.05, 0.1) is 11.4 Å². The SMILES string of the molecule is Cc1ccc(-n2nnc(C(=O)NC3CCC(C)CC3)c2C)cc1C. The maximum Gasteiger partial charge on any atom is 0.273 e. The molecular formula is C19H26N4O.